The lowest BCUT2D eigenvalue weighted by atomic mass is 9.77. The lowest BCUT2D eigenvalue weighted by Crippen LogP contribution is -2.32. The smallest absolute Gasteiger partial charge is 0.0276 e. The van der Waals surface area contributed by atoms with Gasteiger partial charge in [0.25, 0.3) is 0 Å². The molecule has 23 heavy (non-hydrogen) atoms. The Morgan fingerprint density at radius 2 is 1.74 bits per heavy atom. The maximum atomic E-state index is 2.51. The van der Waals surface area contributed by atoms with Gasteiger partial charge < -0.3 is 0 Å². The summed E-state index contributed by atoms with van der Waals surface area (Å²) in [5, 5.41) is 0.546. The molecule has 0 N–H and O–H groups in total. The van der Waals surface area contributed by atoms with Crippen LogP contribution in [0, 0.1) is 0 Å². The molecular weight excluding hydrogens is 296 g/mol. The van der Waals surface area contributed by atoms with Crippen molar-refractivity contribution in [1.82, 2.24) is 0 Å². The number of aryl methyl sites for hydroxylation is 1. The van der Waals surface area contributed by atoms with Crippen molar-refractivity contribution >= 4 is 10.0 Å². The molecule has 4 rings (SSSR count). The molecule has 2 aromatic carbocycles. The molecule has 0 amide bonds. The second-order valence-electron chi connectivity index (χ2n) is 6.92. The summed E-state index contributed by atoms with van der Waals surface area (Å²) in [4.78, 5) is 3.07. The highest BCUT2D eigenvalue weighted by Gasteiger charge is 2.51. The number of allylic oxidation sites excluding steroid dienone is 3. The van der Waals surface area contributed by atoms with Gasteiger partial charge in [0.05, 0.1) is 0 Å². The van der Waals surface area contributed by atoms with E-state index in [4.69, 9.17) is 0 Å². The first-order chi connectivity index (χ1) is 11.1. The number of hydrogen-bond donors (Lipinski definition) is 0. The fourth-order valence-corrected chi connectivity index (χ4v) is 8.52. The van der Waals surface area contributed by atoms with Gasteiger partial charge in [-0.15, -0.1) is 0 Å². The minimum absolute atomic E-state index is 0.124. The van der Waals surface area contributed by atoms with Crippen LogP contribution in [-0.4, -0.2) is 11.5 Å². The fourth-order valence-electron chi connectivity index (χ4n) is 4.30. The van der Waals surface area contributed by atoms with Crippen molar-refractivity contribution in [3.63, 3.8) is 0 Å². The molecule has 118 valence electrons. The Kier molecular flexibility index (Phi) is 3.32. The summed E-state index contributed by atoms with van der Waals surface area (Å²) in [6, 6.07) is 18.5. The van der Waals surface area contributed by atoms with Gasteiger partial charge in [-0.2, -0.15) is 10.0 Å². The van der Waals surface area contributed by atoms with Crippen LogP contribution in [0.3, 0.4) is 0 Å². The molecule has 0 aromatic heterocycles. The van der Waals surface area contributed by atoms with Crippen LogP contribution in [0.2, 0.25) is 0 Å². The molecule has 2 aliphatic rings. The molecule has 1 heteroatoms. The van der Waals surface area contributed by atoms with Crippen molar-refractivity contribution < 1.29 is 0 Å². The topological polar surface area (TPSA) is 0 Å². The lowest BCUT2D eigenvalue weighted by Gasteiger charge is -2.43. The van der Waals surface area contributed by atoms with Gasteiger partial charge in [-0.05, 0) is 51.8 Å². The molecule has 0 fully saturated rings. The largest absolute Gasteiger partial charge is 0.183 e. The Bertz CT molecular complexity index is 799. The lowest BCUT2D eigenvalue weighted by molar-refractivity contribution is 0.617. The molecule has 1 aliphatic carbocycles. The Morgan fingerprint density at radius 1 is 1.00 bits per heavy atom. The zero-order valence-electron chi connectivity index (χ0n) is 14.1. The zero-order chi connectivity index (χ0) is 16.1. The summed E-state index contributed by atoms with van der Waals surface area (Å²) in [5.74, 6) is 0. The van der Waals surface area contributed by atoms with Gasteiger partial charge in [-0.25, -0.2) is 0 Å². The maximum absolute atomic E-state index is 2.51. The van der Waals surface area contributed by atoms with Gasteiger partial charge in [0, 0.05) is 10.7 Å². The van der Waals surface area contributed by atoms with Crippen molar-refractivity contribution in [2.45, 2.75) is 40.7 Å². The van der Waals surface area contributed by atoms with E-state index in [-0.39, 0.29) is 5.41 Å². The summed E-state index contributed by atoms with van der Waals surface area (Å²) < 4.78 is 0. The molecule has 0 saturated carbocycles. The van der Waals surface area contributed by atoms with Crippen molar-refractivity contribution in [2.24, 2.45) is 0 Å². The molecular formula is C22H24S. The van der Waals surface area contributed by atoms with E-state index < -0.39 is 10.0 Å². The van der Waals surface area contributed by atoms with Crippen molar-refractivity contribution in [1.29, 1.82) is 0 Å². The molecule has 1 aliphatic heterocycles. The first kappa shape index (κ1) is 14.8. The third kappa shape index (κ3) is 1.93. The van der Waals surface area contributed by atoms with Crippen molar-refractivity contribution in [2.75, 3.05) is 6.26 Å². The van der Waals surface area contributed by atoms with E-state index in [0.717, 1.165) is 6.42 Å². The predicted molar refractivity (Wildman–Crippen MR) is 102 cm³/mol. The number of fused-ring (bicyclic) bond motifs is 3. The summed E-state index contributed by atoms with van der Waals surface area (Å²) in [6.07, 6.45) is 12.9. The van der Waals surface area contributed by atoms with Crippen LogP contribution >= 0.6 is 10.0 Å². The van der Waals surface area contributed by atoms with Crippen molar-refractivity contribution in [3.8, 4) is 0 Å². The van der Waals surface area contributed by atoms with Crippen LogP contribution < -0.4 is 0 Å². The number of hydrogen-bond acceptors (Lipinski definition) is 0. The molecule has 1 heterocycles. The zero-order valence-corrected chi connectivity index (χ0v) is 14.9. The SMILES string of the molecule is CCc1ccc(S2(C)c3ccccc3C3(C)C=CC=CC32)cc1. The highest BCUT2D eigenvalue weighted by atomic mass is 32.3. The molecule has 0 bridgehead atoms. The van der Waals surface area contributed by atoms with E-state index >= 15 is 0 Å². The quantitative estimate of drug-likeness (QED) is 0.649. The minimum Gasteiger partial charge on any atom is -0.183 e. The van der Waals surface area contributed by atoms with Gasteiger partial charge >= 0.3 is 0 Å². The molecule has 3 unspecified atom stereocenters. The summed E-state index contributed by atoms with van der Waals surface area (Å²) in [5.41, 5.74) is 3.06. The molecule has 0 spiro atoms. The van der Waals surface area contributed by atoms with Gasteiger partial charge in [-0.3, -0.25) is 0 Å². The maximum Gasteiger partial charge on any atom is 0.0276 e. The molecule has 0 radical (unpaired) electrons. The third-order valence-corrected chi connectivity index (χ3v) is 9.87. The van der Waals surface area contributed by atoms with Gasteiger partial charge in [0.1, 0.15) is 0 Å². The summed E-state index contributed by atoms with van der Waals surface area (Å²) in [6.45, 7) is 4.63. The fraction of sp³-hybridized carbons (Fsp3) is 0.273. The van der Waals surface area contributed by atoms with Crippen LogP contribution in [-0.2, 0) is 11.8 Å². The van der Waals surface area contributed by atoms with E-state index in [2.05, 4.69) is 92.9 Å². The highest BCUT2D eigenvalue weighted by molar-refractivity contribution is 8.34. The normalized spacial score (nSPS) is 33.8. The van der Waals surface area contributed by atoms with Crippen LogP contribution in [0.25, 0.3) is 0 Å². The van der Waals surface area contributed by atoms with E-state index in [1.807, 2.05) is 0 Å². The first-order valence-corrected chi connectivity index (χ1v) is 10.5. The van der Waals surface area contributed by atoms with Crippen LogP contribution in [0.1, 0.15) is 25.0 Å². The molecule has 3 atom stereocenters. The van der Waals surface area contributed by atoms with E-state index in [1.54, 1.807) is 4.90 Å². The third-order valence-electron chi connectivity index (χ3n) is 5.68. The summed E-state index contributed by atoms with van der Waals surface area (Å²) >= 11 is 0. The van der Waals surface area contributed by atoms with Crippen LogP contribution in [0.15, 0.2) is 82.6 Å². The van der Waals surface area contributed by atoms with E-state index in [9.17, 15) is 0 Å². The molecule has 0 saturated heterocycles. The van der Waals surface area contributed by atoms with E-state index in [1.165, 1.54) is 16.0 Å². The second kappa shape index (κ2) is 5.14. The van der Waals surface area contributed by atoms with Gasteiger partial charge in [0.15, 0.2) is 0 Å². The monoisotopic (exact) mass is 320 g/mol. The Labute approximate surface area is 141 Å². The number of rotatable bonds is 2. The average Bonchev–Trinajstić information content (AvgIpc) is 2.81. The van der Waals surface area contributed by atoms with Gasteiger partial charge in [-0.1, -0.05) is 68.5 Å². The molecule has 0 nitrogen and oxygen atoms in total. The second-order valence-corrected chi connectivity index (χ2v) is 10.3. The first-order valence-electron chi connectivity index (χ1n) is 8.42. The Hall–Kier alpha value is -1.73. The van der Waals surface area contributed by atoms with E-state index in [0.29, 0.717) is 5.25 Å². The standard InChI is InChI=1S/C22H24S/c1-4-17-12-14-18(15-13-17)23(3)20-10-6-5-9-19(20)22(2)16-8-7-11-21(22)23/h5-16,21H,4H2,1-3H3. The summed E-state index contributed by atoms with van der Waals surface area (Å²) in [7, 11) is -1.06. The predicted octanol–water partition coefficient (Wildman–Crippen LogP) is 5.87. The van der Waals surface area contributed by atoms with Gasteiger partial charge in [0.2, 0.25) is 0 Å². The average molecular weight is 321 g/mol. The Balaban J connectivity index is 1.96. The van der Waals surface area contributed by atoms with Crippen molar-refractivity contribution in [3.05, 3.63) is 84.0 Å². The minimum atomic E-state index is -1.06. The van der Waals surface area contributed by atoms with Crippen LogP contribution in [0.4, 0.5) is 0 Å². The Morgan fingerprint density at radius 3 is 2.48 bits per heavy atom. The van der Waals surface area contributed by atoms with Crippen LogP contribution in [0.5, 0.6) is 0 Å². The number of benzene rings is 2. The highest BCUT2D eigenvalue weighted by Crippen LogP contribution is 2.74. The molecule has 2 aromatic rings.